The van der Waals surface area contributed by atoms with E-state index in [0.29, 0.717) is 13.1 Å². The predicted octanol–water partition coefficient (Wildman–Crippen LogP) is 4.09. The standard InChI is InChI=1S/C21H25N5O.HI/c1-3-22-21(24-16-18-12-13-25-26(18)2)23-15-17-8-7-11-20(14-17)27-19-9-5-4-6-10-19;/h4-14H,3,15-16H2,1-2H3,(H2,22,23,24);1H. The monoisotopic (exact) mass is 491 g/mol. The van der Waals surface area contributed by atoms with E-state index in [1.54, 1.807) is 6.20 Å². The van der Waals surface area contributed by atoms with Crippen molar-refractivity contribution in [1.82, 2.24) is 20.4 Å². The minimum absolute atomic E-state index is 0. The number of para-hydroxylation sites is 1. The topological polar surface area (TPSA) is 63.5 Å². The molecule has 6 nitrogen and oxygen atoms in total. The van der Waals surface area contributed by atoms with Gasteiger partial charge in [-0.3, -0.25) is 4.68 Å². The molecule has 148 valence electrons. The summed E-state index contributed by atoms with van der Waals surface area (Å²) in [4.78, 5) is 4.67. The molecule has 1 heterocycles. The molecule has 0 aliphatic rings. The lowest BCUT2D eigenvalue weighted by Gasteiger charge is -2.12. The molecule has 1 aromatic heterocycles. The predicted molar refractivity (Wildman–Crippen MR) is 123 cm³/mol. The van der Waals surface area contributed by atoms with Crippen LogP contribution in [0, 0.1) is 0 Å². The lowest BCUT2D eigenvalue weighted by molar-refractivity contribution is 0.482. The summed E-state index contributed by atoms with van der Waals surface area (Å²) in [5.41, 5.74) is 2.18. The molecule has 0 aliphatic carbocycles. The summed E-state index contributed by atoms with van der Waals surface area (Å²) < 4.78 is 7.74. The molecule has 0 fully saturated rings. The van der Waals surface area contributed by atoms with Gasteiger partial charge in [0.15, 0.2) is 5.96 Å². The zero-order valence-corrected chi connectivity index (χ0v) is 18.5. The van der Waals surface area contributed by atoms with E-state index in [9.17, 15) is 0 Å². The van der Waals surface area contributed by atoms with Crippen LogP contribution in [0.3, 0.4) is 0 Å². The van der Waals surface area contributed by atoms with Gasteiger partial charge in [0.05, 0.1) is 18.8 Å². The number of benzene rings is 2. The minimum atomic E-state index is 0. The van der Waals surface area contributed by atoms with Crippen molar-refractivity contribution in [3.63, 3.8) is 0 Å². The van der Waals surface area contributed by atoms with Crippen LogP contribution >= 0.6 is 24.0 Å². The number of aryl methyl sites for hydroxylation is 1. The van der Waals surface area contributed by atoms with Gasteiger partial charge in [-0.25, -0.2) is 4.99 Å². The van der Waals surface area contributed by atoms with Crippen LogP contribution in [0.1, 0.15) is 18.2 Å². The maximum absolute atomic E-state index is 5.89. The number of halogens is 1. The molecule has 0 aliphatic heterocycles. The first-order valence-electron chi connectivity index (χ1n) is 9.05. The van der Waals surface area contributed by atoms with Gasteiger partial charge in [-0.1, -0.05) is 30.3 Å². The lowest BCUT2D eigenvalue weighted by atomic mass is 10.2. The first kappa shape index (κ1) is 21.7. The SMILES string of the molecule is CCNC(=NCc1cccc(Oc2ccccc2)c1)NCc1ccnn1C.I. The molecule has 0 saturated heterocycles. The number of nitrogens with zero attached hydrogens (tertiary/aromatic N) is 3. The summed E-state index contributed by atoms with van der Waals surface area (Å²) in [7, 11) is 1.93. The summed E-state index contributed by atoms with van der Waals surface area (Å²) in [6.07, 6.45) is 1.79. The van der Waals surface area contributed by atoms with Crippen molar-refractivity contribution in [2.24, 2.45) is 12.0 Å². The molecule has 0 atom stereocenters. The number of nitrogens with one attached hydrogen (secondary N) is 2. The van der Waals surface area contributed by atoms with E-state index >= 15 is 0 Å². The van der Waals surface area contributed by atoms with Gasteiger partial charge >= 0.3 is 0 Å². The van der Waals surface area contributed by atoms with Gasteiger partial charge in [-0.2, -0.15) is 5.10 Å². The van der Waals surface area contributed by atoms with E-state index < -0.39 is 0 Å². The molecule has 0 amide bonds. The highest BCUT2D eigenvalue weighted by Gasteiger charge is 2.03. The molecule has 3 aromatic rings. The van der Waals surface area contributed by atoms with E-state index in [2.05, 4.69) is 27.6 Å². The first-order chi connectivity index (χ1) is 13.2. The van der Waals surface area contributed by atoms with E-state index in [4.69, 9.17) is 4.74 Å². The summed E-state index contributed by atoms with van der Waals surface area (Å²) in [6.45, 7) is 4.08. The van der Waals surface area contributed by atoms with Gasteiger partial charge in [0.25, 0.3) is 0 Å². The van der Waals surface area contributed by atoms with Crippen molar-refractivity contribution < 1.29 is 4.74 Å². The summed E-state index contributed by atoms with van der Waals surface area (Å²) in [5, 5.41) is 10.8. The largest absolute Gasteiger partial charge is 0.457 e. The Balaban J connectivity index is 0.00000280. The molecule has 0 unspecified atom stereocenters. The first-order valence-corrected chi connectivity index (χ1v) is 9.05. The second kappa shape index (κ2) is 11.3. The fraction of sp³-hybridized carbons (Fsp3) is 0.238. The maximum Gasteiger partial charge on any atom is 0.191 e. The second-order valence-corrected chi connectivity index (χ2v) is 6.06. The van der Waals surface area contributed by atoms with Crippen molar-refractivity contribution in [3.8, 4) is 11.5 Å². The molecule has 0 saturated carbocycles. The lowest BCUT2D eigenvalue weighted by Crippen LogP contribution is -2.37. The van der Waals surface area contributed by atoms with E-state index in [1.165, 1.54) is 0 Å². The van der Waals surface area contributed by atoms with Crippen LogP contribution in [0.2, 0.25) is 0 Å². The highest BCUT2D eigenvalue weighted by atomic mass is 127. The Kier molecular flexibility index (Phi) is 8.80. The third-order valence-corrected chi connectivity index (χ3v) is 4.00. The van der Waals surface area contributed by atoms with Gasteiger partial charge in [0.2, 0.25) is 0 Å². The number of aromatic nitrogens is 2. The molecular formula is C21H26IN5O. The van der Waals surface area contributed by atoms with Crippen LogP contribution in [-0.2, 0) is 20.1 Å². The zero-order valence-electron chi connectivity index (χ0n) is 16.1. The molecule has 2 aromatic carbocycles. The van der Waals surface area contributed by atoms with Crippen LogP contribution in [0.15, 0.2) is 71.9 Å². The summed E-state index contributed by atoms with van der Waals surface area (Å²) in [6, 6.07) is 19.8. The van der Waals surface area contributed by atoms with Crippen molar-refractivity contribution in [3.05, 3.63) is 78.1 Å². The third kappa shape index (κ3) is 6.56. The average Bonchev–Trinajstić information content (AvgIpc) is 3.10. The van der Waals surface area contributed by atoms with E-state index in [-0.39, 0.29) is 24.0 Å². The average molecular weight is 491 g/mol. The Hall–Kier alpha value is -2.55. The van der Waals surface area contributed by atoms with Gasteiger partial charge in [-0.05, 0) is 42.8 Å². The highest BCUT2D eigenvalue weighted by molar-refractivity contribution is 14.0. The van der Waals surface area contributed by atoms with Gasteiger partial charge < -0.3 is 15.4 Å². The van der Waals surface area contributed by atoms with Crippen molar-refractivity contribution >= 4 is 29.9 Å². The van der Waals surface area contributed by atoms with E-state index in [0.717, 1.165) is 35.3 Å². The number of rotatable bonds is 7. The van der Waals surface area contributed by atoms with Gasteiger partial charge in [0, 0.05) is 19.8 Å². The molecule has 2 N–H and O–H groups in total. The Labute approximate surface area is 183 Å². The smallest absolute Gasteiger partial charge is 0.191 e. The fourth-order valence-corrected chi connectivity index (χ4v) is 2.59. The molecule has 0 bridgehead atoms. The summed E-state index contributed by atoms with van der Waals surface area (Å²) in [5.74, 6) is 2.40. The van der Waals surface area contributed by atoms with Crippen LogP contribution in [0.4, 0.5) is 0 Å². The molecule has 7 heteroatoms. The zero-order chi connectivity index (χ0) is 18.9. The van der Waals surface area contributed by atoms with Crippen LogP contribution in [0.5, 0.6) is 11.5 Å². The normalized spacial score (nSPS) is 10.9. The Morgan fingerprint density at radius 2 is 1.82 bits per heavy atom. The number of aliphatic imine (C=N–C) groups is 1. The van der Waals surface area contributed by atoms with Crippen LogP contribution in [-0.4, -0.2) is 22.3 Å². The Morgan fingerprint density at radius 1 is 1.04 bits per heavy atom. The van der Waals surface area contributed by atoms with Gasteiger partial charge in [0.1, 0.15) is 11.5 Å². The Morgan fingerprint density at radius 3 is 2.54 bits per heavy atom. The molecule has 0 spiro atoms. The quantitative estimate of drug-likeness (QED) is 0.297. The van der Waals surface area contributed by atoms with Crippen LogP contribution < -0.4 is 15.4 Å². The second-order valence-electron chi connectivity index (χ2n) is 6.06. The fourth-order valence-electron chi connectivity index (χ4n) is 2.59. The molecule has 3 rings (SSSR count). The van der Waals surface area contributed by atoms with Crippen molar-refractivity contribution in [2.45, 2.75) is 20.0 Å². The van der Waals surface area contributed by atoms with Crippen molar-refractivity contribution in [1.29, 1.82) is 0 Å². The van der Waals surface area contributed by atoms with Crippen molar-refractivity contribution in [2.75, 3.05) is 6.54 Å². The third-order valence-electron chi connectivity index (χ3n) is 4.00. The Bertz CT molecular complexity index is 879. The molecular weight excluding hydrogens is 465 g/mol. The number of ether oxygens (including phenoxy) is 1. The summed E-state index contributed by atoms with van der Waals surface area (Å²) >= 11 is 0. The van der Waals surface area contributed by atoms with Crippen LogP contribution in [0.25, 0.3) is 0 Å². The molecule has 28 heavy (non-hydrogen) atoms. The van der Waals surface area contributed by atoms with Gasteiger partial charge in [-0.15, -0.1) is 24.0 Å². The maximum atomic E-state index is 5.89. The highest BCUT2D eigenvalue weighted by Crippen LogP contribution is 2.22. The van der Waals surface area contributed by atoms with E-state index in [1.807, 2.05) is 72.4 Å². The number of guanidine groups is 1. The molecule has 0 radical (unpaired) electrons. The minimum Gasteiger partial charge on any atom is -0.457 e. The number of hydrogen-bond donors (Lipinski definition) is 2. The number of hydrogen-bond acceptors (Lipinski definition) is 3.